The van der Waals surface area contributed by atoms with Gasteiger partial charge in [-0.3, -0.25) is 9.89 Å². The summed E-state index contributed by atoms with van der Waals surface area (Å²) >= 11 is 0. The Balaban J connectivity index is 0.00000508. The molecule has 2 unspecified atom stereocenters. The lowest BCUT2D eigenvalue weighted by molar-refractivity contribution is 0.299. The van der Waals surface area contributed by atoms with E-state index < -0.39 is 11.6 Å². The van der Waals surface area contributed by atoms with E-state index in [9.17, 15) is 8.78 Å². The molecule has 1 aromatic carbocycles. The number of nitrogens with one attached hydrogen (secondary N) is 2. The Morgan fingerprint density at radius 2 is 1.51 bits per heavy atom. The van der Waals surface area contributed by atoms with E-state index in [1.807, 2.05) is 60.6 Å². The molecule has 0 saturated carbocycles. The predicted molar refractivity (Wildman–Crippen MR) is 201 cm³/mol. The van der Waals surface area contributed by atoms with Crippen molar-refractivity contribution >= 4 is 5.96 Å². The van der Waals surface area contributed by atoms with Gasteiger partial charge in [-0.25, -0.2) is 8.78 Å². The third-order valence-electron chi connectivity index (χ3n) is 7.08. The van der Waals surface area contributed by atoms with Gasteiger partial charge >= 0.3 is 0 Å². The van der Waals surface area contributed by atoms with Gasteiger partial charge in [-0.2, -0.15) is 0 Å². The van der Waals surface area contributed by atoms with Gasteiger partial charge in [-0.1, -0.05) is 96.0 Å². The number of rotatable bonds is 17. The SMILES string of the molecule is C=C/C=C(\C=C/C)C(C(=C)NC(CCCN=C(N)N)C(=C)NCc1c(F)cc(C)cc1F)N1CC(/C=C\C)=C(/C=C\C)C1.CC.CC. The van der Waals surface area contributed by atoms with Gasteiger partial charge in [0.15, 0.2) is 5.96 Å². The van der Waals surface area contributed by atoms with E-state index >= 15 is 0 Å². The minimum Gasteiger partial charge on any atom is -0.383 e. The van der Waals surface area contributed by atoms with Gasteiger partial charge in [0.1, 0.15) is 11.6 Å². The molecule has 0 radical (unpaired) electrons. The van der Waals surface area contributed by atoms with Crippen molar-refractivity contribution in [2.75, 3.05) is 19.6 Å². The molecular formula is C39H60F2N6. The van der Waals surface area contributed by atoms with Crippen LogP contribution in [-0.2, 0) is 6.54 Å². The molecule has 0 aromatic heterocycles. The molecule has 1 aliphatic rings. The molecule has 2 atom stereocenters. The standard InChI is InChI=1S/C35H48F2N6.2C2H6/c1-8-13-27(14-9-2)34(43-22-28(15-10-3)29(23-43)16-11-4)26(7)42-33(17-12-18-40-35(38)39)25(6)41-21-30-31(36)19-24(5)20-32(30)37;2*1-2/h8-11,13-16,19-20,33-34,41-42H,1,6-7,12,17-18,21-23H2,2-5H3,(H4,38,39,40);2*1-2H3/b14-9-,15-10-,16-11-,27-13+;;. The number of allylic oxidation sites excluding steroid dienone is 5. The van der Waals surface area contributed by atoms with Crippen LogP contribution in [0.1, 0.15) is 72.4 Å². The first-order valence-electron chi connectivity index (χ1n) is 16.6. The Morgan fingerprint density at radius 1 is 0.957 bits per heavy atom. The number of aryl methyl sites for hydroxylation is 1. The highest BCUT2D eigenvalue weighted by Gasteiger charge is 2.31. The fraction of sp³-hybridized carbons (Fsp3) is 0.410. The molecule has 8 heteroatoms. The molecule has 1 heterocycles. The molecule has 0 spiro atoms. The summed E-state index contributed by atoms with van der Waals surface area (Å²) < 4.78 is 29.1. The third-order valence-corrected chi connectivity index (χ3v) is 7.08. The first-order chi connectivity index (χ1) is 22.6. The number of benzene rings is 1. The van der Waals surface area contributed by atoms with Gasteiger partial charge < -0.3 is 22.1 Å². The monoisotopic (exact) mass is 650 g/mol. The Morgan fingerprint density at radius 3 is 1.98 bits per heavy atom. The Hall–Kier alpha value is -4.17. The van der Waals surface area contributed by atoms with Crippen molar-refractivity contribution < 1.29 is 8.78 Å². The van der Waals surface area contributed by atoms with E-state index in [0.717, 1.165) is 24.4 Å². The lowest BCUT2D eigenvalue weighted by Crippen LogP contribution is -2.45. The van der Waals surface area contributed by atoms with Crippen LogP contribution in [0.15, 0.2) is 114 Å². The van der Waals surface area contributed by atoms with Gasteiger partial charge in [0.25, 0.3) is 0 Å². The van der Waals surface area contributed by atoms with Crippen LogP contribution in [0, 0.1) is 18.6 Å². The van der Waals surface area contributed by atoms with Gasteiger partial charge in [-0.05, 0) is 75.0 Å². The molecule has 0 fully saturated rings. The summed E-state index contributed by atoms with van der Waals surface area (Å²) in [7, 11) is 0. The summed E-state index contributed by atoms with van der Waals surface area (Å²) in [6, 6.07) is 2.13. The lowest BCUT2D eigenvalue weighted by Gasteiger charge is -2.34. The number of guanidine groups is 1. The summed E-state index contributed by atoms with van der Waals surface area (Å²) in [5, 5.41) is 6.73. The van der Waals surface area contributed by atoms with Crippen molar-refractivity contribution in [3.63, 3.8) is 0 Å². The molecule has 260 valence electrons. The van der Waals surface area contributed by atoms with Crippen LogP contribution in [0.25, 0.3) is 0 Å². The summed E-state index contributed by atoms with van der Waals surface area (Å²) in [5.41, 5.74) is 16.4. The third kappa shape index (κ3) is 14.4. The Kier molecular flexibility index (Phi) is 21.9. The topological polar surface area (TPSA) is 91.7 Å². The van der Waals surface area contributed by atoms with E-state index in [4.69, 9.17) is 11.5 Å². The Labute approximate surface area is 284 Å². The zero-order chi connectivity index (χ0) is 35.9. The minimum absolute atomic E-state index is 0.0252. The first-order valence-corrected chi connectivity index (χ1v) is 16.6. The smallest absolute Gasteiger partial charge is 0.185 e. The predicted octanol–water partition coefficient (Wildman–Crippen LogP) is 8.28. The molecule has 0 amide bonds. The van der Waals surface area contributed by atoms with E-state index in [-0.39, 0.29) is 30.2 Å². The average molecular weight is 651 g/mol. The van der Waals surface area contributed by atoms with Gasteiger partial charge in [0.2, 0.25) is 0 Å². The lowest BCUT2D eigenvalue weighted by atomic mass is 9.99. The van der Waals surface area contributed by atoms with Crippen LogP contribution in [-0.4, -0.2) is 42.6 Å². The number of aliphatic imine (C=N–C) groups is 1. The van der Waals surface area contributed by atoms with E-state index in [2.05, 4.69) is 70.6 Å². The fourth-order valence-corrected chi connectivity index (χ4v) is 5.16. The molecule has 1 aromatic rings. The van der Waals surface area contributed by atoms with Crippen LogP contribution in [0.3, 0.4) is 0 Å². The van der Waals surface area contributed by atoms with Gasteiger partial charge in [-0.15, -0.1) is 0 Å². The highest BCUT2D eigenvalue weighted by Crippen LogP contribution is 2.29. The van der Waals surface area contributed by atoms with Gasteiger partial charge in [0, 0.05) is 43.1 Å². The van der Waals surface area contributed by atoms with Crippen LogP contribution in [0.4, 0.5) is 8.78 Å². The van der Waals surface area contributed by atoms with Crippen LogP contribution < -0.4 is 22.1 Å². The Bertz CT molecular complexity index is 1280. The van der Waals surface area contributed by atoms with Crippen molar-refractivity contribution in [2.45, 2.75) is 86.9 Å². The number of hydrogen-bond acceptors (Lipinski definition) is 4. The maximum Gasteiger partial charge on any atom is 0.185 e. The first kappa shape index (κ1) is 42.8. The summed E-state index contributed by atoms with van der Waals surface area (Å²) in [4.78, 5) is 6.46. The fourth-order valence-electron chi connectivity index (χ4n) is 5.16. The summed E-state index contributed by atoms with van der Waals surface area (Å²) in [6.45, 7) is 30.2. The maximum absolute atomic E-state index is 14.6. The maximum atomic E-state index is 14.6. The zero-order valence-corrected chi connectivity index (χ0v) is 30.1. The summed E-state index contributed by atoms with van der Waals surface area (Å²) in [5.74, 6) is -1.17. The molecule has 2 rings (SSSR count). The largest absolute Gasteiger partial charge is 0.383 e. The second kappa shape index (κ2) is 24.1. The molecular weight excluding hydrogens is 590 g/mol. The van der Waals surface area contributed by atoms with E-state index in [1.165, 1.54) is 23.3 Å². The highest BCUT2D eigenvalue weighted by molar-refractivity contribution is 5.75. The second-order valence-corrected chi connectivity index (χ2v) is 10.5. The van der Waals surface area contributed by atoms with Crippen molar-refractivity contribution in [2.24, 2.45) is 16.5 Å². The summed E-state index contributed by atoms with van der Waals surface area (Å²) in [6.07, 6.45) is 17.5. The number of nitrogens with two attached hydrogens (primary N) is 2. The van der Waals surface area contributed by atoms with Crippen LogP contribution in [0.5, 0.6) is 0 Å². The molecule has 0 saturated heterocycles. The zero-order valence-electron chi connectivity index (χ0n) is 30.1. The minimum atomic E-state index is -0.597. The number of hydrogen-bond donors (Lipinski definition) is 4. The quantitative estimate of drug-likeness (QED) is 0.0590. The molecule has 0 aliphatic carbocycles. The molecule has 47 heavy (non-hydrogen) atoms. The molecule has 6 nitrogen and oxygen atoms in total. The van der Waals surface area contributed by atoms with Gasteiger partial charge in [0.05, 0.1) is 12.1 Å². The molecule has 6 N–H and O–H groups in total. The normalized spacial score (nSPS) is 14.7. The van der Waals surface area contributed by atoms with E-state index in [1.54, 1.807) is 13.0 Å². The second-order valence-electron chi connectivity index (χ2n) is 10.5. The highest BCUT2D eigenvalue weighted by atomic mass is 19.1. The molecule has 0 bridgehead atoms. The van der Waals surface area contributed by atoms with Crippen molar-refractivity contribution in [3.8, 4) is 0 Å². The molecule has 1 aliphatic heterocycles. The van der Waals surface area contributed by atoms with Crippen molar-refractivity contribution in [3.05, 3.63) is 131 Å². The van der Waals surface area contributed by atoms with Crippen molar-refractivity contribution in [1.82, 2.24) is 15.5 Å². The van der Waals surface area contributed by atoms with Crippen LogP contribution >= 0.6 is 0 Å². The number of nitrogens with zero attached hydrogens (tertiary/aromatic N) is 2. The van der Waals surface area contributed by atoms with Crippen LogP contribution in [0.2, 0.25) is 0 Å². The van der Waals surface area contributed by atoms with E-state index in [0.29, 0.717) is 30.6 Å². The van der Waals surface area contributed by atoms with Crippen molar-refractivity contribution in [1.29, 1.82) is 0 Å². The average Bonchev–Trinajstić information content (AvgIpc) is 3.41. The number of halogens is 2.